The van der Waals surface area contributed by atoms with Crippen LogP contribution in [-0.2, 0) is 9.59 Å². The van der Waals surface area contributed by atoms with E-state index in [0.717, 1.165) is 8.95 Å². The van der Waals surface area contributed by atoms with Crippen molar-refractivity contribution in [3.05, 3.63) is 57.5 Å². The minimum absolute atomic E-state index is 0.0582. The largest absolute Gasteiger partial charge is 0.301 e. The van der Waals surface area contributed by atoms with Crippen LogP contribution in [-0.4, -0.2) is 23.1 Å². The fraction of sp³-hybridized carbons (Fsp3) is 0.0588. The number of nitrogens with one attached hydrogen (secondary N) is 1. The van der Waals surface area contributed by atoms with E-state index in [2.05, 4.69) is 42.2 Å². The van der Waals surface area contributed by atoms with Crippen molar-refractivity contribution in [1.29, 1.82) is 0 Å². The van der Waals surface area contributed by atoms with Crippen LogP contribution in [0.4, 0.5) is 11.4 Å². The predicted molar refractivity (Wildman–Crippen MR) is 108 cm³/mol. The Morgan fingerprint density at radius 3 is 2.44 bits per heavy atom. The van der Waals surface area contributed by atoms with Gasteiger partial charge in [-0.3, -0.25) is 19.5 Å². The van der Waals surface area contributed by atoms with Gasteiger partial charge in [0.15, 0.2) is 11.0 Å². The van der Waals surface area contributed by atoms with Crippen LogP contribution in [0.3, 0.4) is 0 Å². The van der Waals surface area contributed by atoms with E-state index < -0.39 is 17.7 Å². The summed E-state index contributed by atoms with van der Waals surface area (Å²) in [4.78, 5) is 30.6. The molecule has 25 heavy (non-hydrogen) atoms. The fourth-order valence-electron chi connectivity index (χ4n) is 2.27. The summed E-state index contributed by atoms with van der Waals surface area (Å²) >= 11 is 11.9. The number of amides is 2. The number of carbonyl (C=O) groups excluding carboxylic acids is 2. The maximum atomic E-state index is 12.8. The molecule has 0 aliphatic carbocycles. The number of rotatable bonds is 3. The number of anilines is 1. The van der Waals surface area contributed by atoms with Gasteiger partial charge in [0.25, 0.3) is 5.91 Å². The van der Waals surface area contributed by atoms with Crippen LogP contribution in [0.25, 0.3) is 0 Å². The van der Waals surface area contributed by atoms with E-state index in [0.29, 0.717) is 11.4 Å². The first kappa shape index (κ1) is 17.9. The third-order valence-electron chi connectivity index (χ3n) is 3.50. The van der Waals surface area contributed by atoms with Crippen LogP contribution in [0, 0.1) is 5.92 Å². The molecule has 0 spiro atoms. The molecule has 1 atom stereocenters. The molecule has 2 aromatic carbocycles. The zero-order valence-electron chi connectivity index (χ0n) is 12.6. The van der Waals surface area contributed by atoms with Gasteiger partial charge in [-0.1, -0.05) is 28.1 Å². The second kappa shape index (κ2) is 7.55. The molecule has 0 bridgehead atoms. The van der Waals surface area contributed by atoms with Gasteiger partial charge in [0.1, 0.15) is 0 Å². The van der Waals surface area contributed by atoms with Crippen LogP contribution in [0.2, 0.25) is 0 Å². The number of aliphatic imine (C=N–C) groups is 1. The quantitative estimate of drug-likeness (QED) is 0.410. The molecular formula is C17H11Br2N3O2S. The van der Waals surface area contributed by atoms with Crippen molar-refractivity contribution in [2.45, 2.75) is 0 Å². The highest BCUT2D eigenvalue weighted by molar-refractivity contribution is 9.10. The Balaban J connectivity index is 1.90. The number of hydrogen-bond acceptors (Lipinski definition) is 4. The molecule has 1 N–H and O–H groups in total. The maximum Gasteiger partial charge on any atom is 0.251 e. The summed E-state index contributed by atoms with van der Waals surface area (Å²) < 4.78 is 1.65. The molecule has 2 amide bonds. The van der Waals surface area contributed by atoms with Gasteiger partial charge in [-0.05, 0) is 64.5 Å². The Morgan fingerprint density at radius 1 is 1.08 bits per heavy atom. The third kappa shape index (κ3) is 3.86. The molecule has 0 radical (unpaired) electrons. The number of carbonyl (C=O) groups is 2. The Bertz CT molecular complexity index is 884. The van der Waals surface area contributed by atoms with Crippen molar-refractivity contribution in [3.63, 3.8) is 0 Å². The molecule has 2 aromatic rings. The minimum atomic E-state index is -1.05. The van der Waals surface area contributed by atoms with E-state index in [1.54, 1.807) is 30.3 Å². The highest BCUT2D eigenvalue weighted by Crippen LogP contribution is 2.26. The molecule has 1 aliphatic rings. The Morgan fingerprint density at radius 2 is 1.76 bits per heavy atom. The van der Waals surface area contributed by atoms with Gasteiger partial charge < -0.3 is 5.32 Å². The number of para-hydroxylation sites is 1. The topological polar surface area (TPSA) is 61.8 Å². The minimum Gasteiger partial charge on any atom is -0.301 e. The normalized spacial score (nSPS) is 17.9. The molecular weight excluding hydrogens is 470 g/mol. The van der Waals surface area contributed by atoms with Gasteiger partial charge >= 0.3 is 0 Å². The summed E-state index contributed by atoms with van der Waals surface area (Å²) in [6.45, 7) is 0. The number of hydrogen-bond donors (Lipinski definition) is 1. The van der Waals surface area contributed by atoms with Crippen LogP contribution < -0.4 is 10.2 Å². The smallest absolute Gasteiger partial charge is 0.251 e. The molecule has 0 unspecified atom stereocenters. The average Bonchev–Trinajstić information content (AvgIpc) is 2.57. The van der Waals surface area contributed by atoms with Gasteiger partial charge in [-0.2, -0.15) is 0 Å². The molecule has 0 saturated carbocycles. The van der Waals surface area contributed by atoms with Crippen molar-refractivity contribution in [2.75, 3.05) is 4.90 Å². The van der Waals surface area contributed by atoms with Gasteiger partial charge in [0.2, 0.25) is 5.91 Å². The standard InChI is InChI=1S/C17H11Br2N3O2S/c18-10-5-7-11(8-6-10)22-16(24)12(15(23)21-17(22)25)9-20-14-4-2-1-3-13(14)19/h1-9,12H,(H,21,23,25)/t12-/m0/s1. The third-order valence-corrected chi connectivity index (χ3v) is 4.99. The van der Waals surface area contributed by atoms with Crippen LogP contribution in [0.1, 0.15) is 0 Å². The first-order chi connectivity index (χ1) is 12.0. The van der Waals surface area contributed by atoms with Crippen LogP contribution in [0.15, 0.2) is 62.5 Å². The van der Waals surface area contributed by atoms with Crippen LogP contribution in [0.5, 0.6) is 0 Å². The summed E-state index contributed by atoms with van der Waals surface area (Å²) in [5.41, 5.74) is 1.21. The van der Waals surface area contributed by atoms with Crippen LogP contribution >= 0.6 is 44.1 Å². The number of thiocarbonyl (C=S) groups is 1. The first-order valence-electron chi connectivity index (χ1n) is 7.20. The van der Waals surface area contributed by atoms with E-state index in [1.807, 2.05) is 18.2 Å². The summed E-state index contributed by atoms with van der Waals surface area (Å²) in [6.07, 6.45) is 1.34. The molecule has 0 aromatic heterocycles. The molecule has 1 fully saturated rings. The second-order valence-corrected chi connectivity index (χ2v) is 7.31. The van der Waals surface area contributed by atoms with Crippen molar-refractivity contribution in [1.82, 2.24) is 5.32 Å². The fourth-order valence-corrected chi connectivity index (χ4v) is 3.22. The summed E-state index contributed by atoms with van der Waals surface area (Å²) in [5.74, 6) is -1.98. The molecule has 126 valence electrons. The van der Waals surface area contributed by atoms with E-state index in [-0.39, 0.29) is 5.11 Å². The molecule has 8 heteroatoms. The Kier molecular flexibility index (Phi) is 5.41. The summed E-state index contributed by atoms with van der Waals surface area (Å²) in [5, 5.41) is 2.61. The Hall–Kier alpha value is -1.90. The van der Waals surface area contributed by atoms with Gasteiger partial charge in [-0.25, -0.2) is 0 Å². The first-order valence-corrected chi connectivity index (χ1v) is 9.20. The van der Waals surface area contributed by atoms with Crippen molar-refractivity contribution in [2.24, 2.45) is 10.9 Å². The lowest BCUT2D eigenvalue weighted by Crippen LogP contribution is -2.58. The zero-order valence-corrected chi connectivity index (χ0v) is 16.6. The number of nitrogens with zero attached hydrogens (tertiary/aromatic N) is 2. The molecule has 5 nitrogen and oxygen atoms in total. The van der Waals surface area contributed by atoms with E-state index in [9.17, 15) is 9.59 Å². The van der Waals surface area contributed by atoms with Gasteiger partial charge in [0.05, 0.1) is 11.4 Å². The number of benzene rings is 2. The lowest BCUT2D eigenvalue weighted by Gasteiger charge is -2.30. The summed E-state index contributed by atoms with van der Waals surface area (Å²) in [7, 11) is 0. The summed E-state index contributed by atoms with van der Waals surface area (Å²) in [6, 6.07) is 14.4. The van der Waals surface area contributed by atoms with Gasteiger partial charge in [-0.15, -0.1) is 0 Å². The maximum absolute atomic E-state index is 12.8. The molecule has 1 aliphatic heterocycles. The van der Waals surface area contributed by atoms with E-state index in [1.165, 1.54) is 11.1 Å². The van der Waals surface area contributed by atoms with E-state index in [4.69, 9.17) is 12.2 Å². The predicted octanol–water partition coefficient (Wildman–Crippen LogP) is 3.98. The van der Waals surface area contributed by atoms with Crippen molar-refractivity contribution in [3.8, 4) is 0 Å². The highest BCUT2D eigenvalue weighted by atomic mass is 79.9. The molecule has 1 saturated heterocycles. The monoisotopic (exact) mass is 479 g/mol. The highest BCUT2D eigenvalue weighted by Gasteiger charge is 2.38. The molecule has 1 heterocycles. The average molecular weight is 481 g/mol. The van der Waals surface area contributed by atoms with Crippen molar-refractivity contribution >= 4 is 78.6 Å². The van der Waals surface area contributed by atoms with Gasteiger partial charge in [0, 0.05) is 15.2 Å². The Labute approximate surface area is 166 Å². The lowest BCUT2D eigenvalue weighted by molar-refractivity contribution is -0.130. The van der Waals surface area contributed by atoms with E-state index >= 15 is 0 Å². The SMILES string of the molecule is O=C1NC(=S)N(c2ccc(Br)cc2)C(=O)[C@H]1C=Nc1ccccc1Br. The van der Waals surface area contributed by atoms with Crippen molar-refractivity contribution < 1.29 is 9.59 Å². The number of halogens is 2. The zero-order chi connectivity index (χ0) is 18.0. The molecule has 3 rings (SSSR count). The lowest BCUT2D eigenvalue weighted by atomic mass is 10.1. The second-order valence-electron chi connectivity index (χ2n) is 5.15.